The van der Waals surface area contributed by atoms with Gasteiger partial charge in [0.2, 0.25) is 0 Å². The summed E-state index contributed by atoms with van der Waals surface area (Å²) >= 11 is 0. The molecule has 0 radical (unpaired) electrons. The quantitative estimate of drug-likeness (QED) is 0.0407. The minimum atomic E-state index is -0.534. The molecule has 1 atom stereocenters. The molecule has 1 unspecified atom stereocenters. The molecule has 0 bridgehead atoms. The van der Waals surface area contributed by atoms with Gasteiger partial charge in [0.1, 0.15) is 6.10 Å². The van der Waals surface area contributed by atoms with Gasteiger partial charge in [-0.05, 0) is 51.4 Å². The lowest BCUT2D eigenvalue weighted by Gasteiger charge is -2.16. The number of aliphatic hydroxyl groups excluding tert-OH is 1. The van der Waals surface area contributed by atoms with Crippen LogP contribution in [-0.2, 0) is 14.3 Å². The number of carbonyl (C=O) groups excluding carboxylic acids is 1. The maximum atomic E-state index is 12.2. The van der Waals surface area contributed by atoms with Crippen molar-refractivity contribution in [1.82, 2.24) is 0 Å². The smallest absolute Gasteiger partial charge is 0.306 e. The number of esters is 1. The first kappa shape index (κ1) is 45.6. The van der Waals surface area contributed by atoms with Gasteiger partial charge in [0, 0.05) is 13.0 Å². The van der Waals surface area contributed by atoms with Crippen LogP contribution in [0.5, 0.6) is 0 Å². The van der Waals surface area contributed by atoms with E-state index in [4.69, 9.17) is 9.47 Å². The van der Waals surface area contributed by atoms with Gasteiger partial charge in [-0.3, -0.25) is 4.79 Å². The molecule has 1 N–H and O–H groups in total. The SMILES string of the molecule is CCCCCCC/C=C\C/C=C\C/C=C\CCCCCCCCCCC(=O)OC(CO)COCCCCCCCCCCCCCC. The number of allylic oxidation sites excluding steroid dienone is 6. The average Bonchev–Trinajstić information content (AvgIpc) is 3.08. The molecule has 0 saturated heterocycles. The number of hydrogen-bond acceptors (Lipinski definition) is 4. The van der Waals surface area contributed by atoms with Crippen molar-refractivity contribution in [3.63, 3.8) is 0 Å². The van der Waals surface area contributed by atoms with Gasteiger partial charge in [-0.1, -0.05) is 185 Å². The molecular weight excluding hydrogens is 580 g/mol. The molecule has 0 amide bonds. The molecule has 4 heteroatoms. The zero-order valence-electron chi connectivity index (χ0n) is 31.5. The number of rotatable bonds is 38. The highest BCUT2D eigenvalue weighted by Crippen LogP contribution is 2.13. The number of aliphatic hydroxyl groups is 1. The van der Waals surface area contributed by atoms with Crippen LogP contribution in [0.15, 0.2) is 36.5 Å². The zero-order valence-corrected chi connectivity index (χ0v) is 31.5. The Bertz CT molecular complexity index is 698. The third kappa shape index (κ3) is 38.9. The van der Waals surface area contributed by atoms with Crippen LogP contribution in [0, 0.1) is 0 Å². The maximum absolute atomic E-state index is 12.2. The summed E-state index contributed by atoms with van der Waals surface area (Å²) in [5.74, 6) is -0.207. The molecular formula is C43H80O4. The molecule has 0 aromatic carbocycles. The van der Waals surface area contributed by atoms with Crippen molar-refractivity contribution in [2.75, 3.05) is 19.8 Å². The standard InChI is InChI=1S/C43H80O4/c1-3-5-7-9-11-13-15-17-18-19-20-21-22-23-24-25-26-27-28-30-32-34-36-38-43(45)47-42(40-44)41-46-39-37-35-33-31-29-16-14-12-10-8-6-4-2/h15,17,19-20,22-23,42,44H,3-14,16,18,21,24-41H2,1-2H3/b17-15-,20-19-,23-22-. The van der Waals surface area contributed by atoms with E-state index in [0.717, 1.165) is 32.1 Å². The second-order valence-corrected chi connectivity index (χ2v) is 13.7. The average molecular weight is 661 g/mol. The van der Waals surface area contributed by atoms with E-state index in [2.05, 4.69) is 50.3 Å². The molecule has 0 aliphatic carbocycles. The number of hydrogen-bond donors (Lipinski definition) is 1. The highest BCUT2D eigenvalue weighted by molar-refractivity contribution is 5.69. The lowest BCUT2D eigenvalue weighted by Crippen LogP contribution is -2.27. The minimum absolute atomic E-state index is 0.172. The van der Waals surface area contributed by atoms with Crippen molar-refractivity contribution in [3.05, 3.63) is 36.5 Å². The minimum Gasteiger partial charge on any atom is -0.457 e. The van der Waals surface area contributed by atoms with Gasteiger partial charge in [0.15, 0.2) is 0 Å². The first-order chi connectivity index (χ1) is 23.2. The topological polar surface area (TPSA) is 55.8 Å². The van der Waals surface area contributed by atoms with Gasteiger partial charge in [0.25, 0.3) is 0 Å². The molecule has 276 valence electrons. The summed E-state index contributed by atoms with van der Waals surface area (Å²) in [7, 11) is 0. The summed E-state index contributed by atoms with van der Waals surface area (Å²) < 4.78 is 11.1. The molecule has 0 aliphatic heterocycles. The Kier molecular flexibility index (Phi) is 39.6. The fourth-order valence-corrected chi connectivity index (χ4v) is 5.86. The molecule has 0 saturated carbocycles. The predicted molar refractivity (Wildman–Crippen MR) is 205 cm³/mol. The number of ether oxygens (including phenoxy) is 2. The maximum Gasteiger partial charge on any atom is 0.306 e. The van der Waals surface area contributed by atoms with Gasteiger partial charge in [0.05, 0.1) is 13.2 Å². The van der Waals surface area contributed by atoms with E-state index in [9.17, 15) is 9.90 Å². The molecule has 0 rings (SSSR count). The molecule has 4 nitrogen and oxygen atoms in total. The monoisotopic (exact) mass is 661 g/mol. The Morgan fingerprint density at radius 1 is 0.511 bits per heavy atom. The van der Waals surface area contributed by atoms with E-state index in [-0.39, 0.29) is 12.6 Å². The molecule has 0 fully saturated rings. The van der Waals surface area contributed by atoms with E-state index in [1.165, 1.54) is 154 Å². The summed E-state index contributed by atoms with van der Waals surface area (Å²) in [5, 5.41) is 9.57. The van der Waals surface area contributed by atoms with Crippen LogP contribution in [0.4, 0.5) is 0 Å². The van der Waals surface area contributed by atoms with Crippen molar-refractivity contribution >= 4 is 5.97 Å². The van der Waals surface area contributed by atoms with E-state index >= 15 is 0 Å². The lowest BCUT2D eigenvalue weighted by molar-refractivity contribution is -0.154. The predicted octanol–water partition coefficient (Wildman–Crippen LogP) is 13.3. The van der Waals surface area contributed by atoms with Gasteiger partial charge >= 0.3 is 5.97 Å². The summed E-state index contributed by atoms with van der Waals surface area (Å²) in [6.45, 7) is 5.34. The number of carbonyl (C=O) groups is 1. The molecule has 47 heavy (non-hydrogen) atoms. The van der Waals surface area contributed by atoms with Gasteiger partial charge in [-0.25, -0.2) is 0 Å². The Morgan fingerprint density at radius 3 is 1.34 bits per heavy atom. The van der Waals surface area contributed by atoms with Crippen LogP contribution >= 0.6 is 0 Å². The number of unbranched alkanes of at least 4 members (excludes halogenated alkanes) is 24. The Labute approximate surface area is 293 Å². The summed E-state index contributed by atoms with van der Waals surface area (Å²) in [6, 6.07) is 0. The molecule has 0 aromatic heterocycles. The second kappa shape index (κ2) is 40.8. The Balaban J connectivity index is 3.45. The van der Waals surface area contributed by atoms with Crippen molar-refractivity contribution < 1.29 is 19.4 Å². The largest absolute Gasteiger partial charge is 0.457 e. The fourth-order valence-electron chi connectivity index (χ4n) is 5.86. The molecule has 0 heterocycles. The molecule has 0 spiro atoms. The van der Waals surface area contributed by atoms with Gasteiger partial charge in [-0.2, -0.15) is 0 Å². The molecule has 0 aliphatic rings. The van der Waals surface area contributed by atoms with E-state index in [1.807, 2.05) is 0 Å². The van der Waals surface area contributed by atoms with Crippen LogP contribution in [0.3, 0.4) is 0 Å². The fraction of sp³-hybridized carbons (Fsp3) is 0.837. The Hall–Kier alpha value is -1.39. The van der Waals surface area contributed by atoms with Crippen LogP contribution < -0.4 is 0 Å². The summed E-state index contributed by atoms with van der Waals surface area (Å²) in [5.41, 5.74) is 0. The lowest BCUT2D eigenvalue weighted by atomic mass is 10.1. The first-order valence-electron chi connectivity index (χ1n) is 20.6. The second-order valence-electron chi connectivity index (χ2n) is 13.7. The van der Waals surface area contributed by atoms with Gasteiger partial charge < -0.3 is 14.6 Å². The third-order valence-corrected chi connectivity index (χ3v) is 8.97. The van der Waals surface area contributed by atoms with Gasteiger partial charge in [-0.15, -0.1) is 0 Å². The summed E-state index contributed by atoms with van der Waals surface area (Å²) in [6.07, 6.45) is 50.5. The van der Waals surface area contributed by atoms with Crippen LogP contribution in [0.25, 0.3) is 0 Å². The van der Waals surface area contributed by atoms with Crippen molar-refractivity contribution in [2.45, 2.75) is 213 Å². The normalized spacial score (nSPS) is 12.7. The van der Waals surface area contributed by atoms with Crippen molar-refractivity contribution in [1.29, 1.82) is 0 Å². The van der Waals surface area contributed by atoms with Crippen LogP contribution in [0.2, 0.25) is 0 Å². The first-order valence-corrected chi connectivity index (χ1v) is 20.6. The highest BCUT2D eigenvalue weighted by atomic mass is 16.6. The Morgan fingerprint density at radius 2 is 0.894 bits per heavy atom. The third-order valence-electron chi connectivity index (χ3n) is 8.97. The van der Waals surface area contributed by atoms with Crippen molar-refractivity contribution in [3.8, 4) is 0 Å². The van der Waals surface area contributed by atoms with E-state index < -0.39 is 6.10 Å². The highest BCUT2D eigenvalue weighted by Gasteiger charge is 2.13. The van der Waals surface area contributed by atoms with Crippen LogP contribution in [-0.4, -0.2) is 37.0 Å². The zero-order chi connectivity index (χ0) is 34.1. The van der Waals surface area contributed by atoms with Crippen LogP contribution in [0.1, 0.15) is 206 Å². The molecule has 0 aromatic rings. The van der Waals surface area contributed by atoms with Crippen molar-refractivity contribution in [2.24, 2.45) is 0 Å². The van der Waals surface area contributed by atoms with E-state index in [1.54, 1.807) is 0 Å². The summed E-state index contributed by atoms with van der Waals surface area (Å²) in [4.78, 5) is 12.2. The van der Waals surface area contributed by atoms with E-state index in [0.29, 0.717) is 19.6 Å².